The van der Waals surface area contributed by atoms with Crippen molar-refractivity contribution in [1.82, 2.24) is 10.7 Å². The zero-order valence-corrected chi connectivity index (χ0v) is 13.0. The van der Waals surface area contributed by atoms with Gasteiger partial charge in [-0.1, -0.05) is 12.1 Å². The Balaban J connectivity index is 1.63. The van der Waals surface area contributed by atoms with Crippen LogP contribution in [0.25, 0.3) is 0 Å². The van der Waals surface area contributed by atoms with E-state index >= 15 is 0 Å². The van der Waals surface area contributed by atoms with Crippen LogP contribution in [0.15, 0.2) is 24.3 Å². The molecule has 0 amide bonds. The molecule has 0 spiro atoms. The fourth-order valence-corrected chi connectivity index (χ4v) is 2.28. The number of ether oxygens (including phenoxy) is 1. The van der Waals surface area contributed by atoms with E-state index in [0.29, 0.717) is 10.8 Å². The number of hydrogen-bond acceptors (Lipinski definition) is 5. The van der Waals surface area contributed by atoms with Crippen LogP contribution in [0.4, 0.5) is 5.69 Å². The Morgan fingerprint density at radius 2 is 1.95 bits per heavy atom. The van der Waals surface area contributed by atoms with Crippen molar-refractivity contribution in [3.8, 4) is 0 Å². The minimum Gasteiger partial charge on any atom is -0.545 e. The molecular weight excluding hydrogens is 304 g/mol. The van der Waals surface area contributed by atoms with E-state index in [4.69, 9.17) is 17.0 Å². The number of nitrogens with one attached hydrogen (secondary N) is 4. The number of carboxylic acid groups (broad SMARTS) is 1. The number of rotatable bonds is 6. The first kappa shape index (κ1) is 16.5. The molecule has 1 heterocycles. The Kier molecular flexibility index (Phi) is 6.38. The highest BCUT2D eigenvalue weighted by Crippen LogP contribution is 2.07. The van der Waals surface area contributed by atoms with E-state index in [2.05, 4.69) is 16.2 Å². The first-order chi connectivity index (χ1) is 10.6. The number of quaternary nitrogens is 1. The van der Waals surface area contributed by atoms with Crippen LogP contribution in [0.3, 0.4) is 0 Å². The van der Waals surface area contributed by atoms with E-state index in [1.807, 2.05) is 0 Å². The van der Waals surface area contributed by atoms with E-state index in [-0.39, 0.29) is 5.56 Å². The van der Waals surface area contributed by atoms with Crippen molar-refractivity contribution in [3.63, 3.8) is 0 Å². The lowest BCUT2D eigenvalue weighted by atomic mass is 10.2. The van der Waals surface area contributed by atoms with Crippen LogP contribution in [-0.4, -0.2) is 50.5 Å². The third-order valence-corrected chi connectivity index (χ3v) is 3.65. The third-order valence-electron chi connectivity index (χ3n) is 3.40. The molecule has 120 valence electrons. The van der Waals surface area contributed by atoms with Crippen LogP contribution in [0, 0.1) is 0 Å². The van der Waals surface area contributed by atoms with E-state index < -0.39 is 5.97 Å². The minimum absolute atomic E-state index is 0.139. The van der Waals surface area contributed by atoms with Crippen molar-refractivity contribution in [2.75, 3.05) is 44.8 Å². The second-order valence-electron chi connectivity index (χ2n) is 4.98. The number of anilines is 1. The molecule has 1 saturated heterocycles. The molecule has 7 nitrogen and oxygen atoms in total. The summed E-state index contributed by atoms with van der Waals surface area (Å²) in [6.07, 6.45) is 0. The summed E-state index contributed by atoms with van der Waals surface area (Å²) in [5.74, 6) is -1.19. The van der Waals surface area contributed by atoms with Crippen LogP contribution in [0.2, 0.25) is 0 Å². The van der Waals surface area contributed by atoms with E-state index in [1.54, 1.807) is 12.1 Å². The zero-order valence-electron chi connectivity index (χ0n) is 12.2. The normalized spacial score (nSPS) is 15.1. The lowest BCUT2D eigenvalue weighted by Gasteiger charge is -2.24. The molecule has 8 heteroatoms. The van der Waals surface area contributed by atoms with Gasteiger partial charge in [-0.15, -0.1) is 0 Å². The molecule has 1 aliphatic heterocycles. The minimum atomic E-state index is -1.19. The number of benzene rings is 1. The summed E-state index contributed by atoms with van der Waals surface area (Å²) in [5, 5.41) is 14.3. The Labute approximate surface area is 134 Å². The first-order valence-corrected chi connectivity index (χ1v) is 7.58. The molecule has 0 aliphatic carbocycles. The highest BCUT2D eigenvalue weighted by Gasteiger charge is 2.12. The molecule has 0 atom stereocenters. The summed E-state index contributed by atoms with van der Waals surface area (Å²) in [6.45, 7) is 5.48. The van der Waals surface area contributed by atoms with Crippen LogP contribution in [0.1, 0.15) is 10.4 Å². The SMILES string of the molecule is O=C([O-])c1ccc(NNC(=S)NCC[NH+]2CCOCC2)cc1. The van der Waals surface area contributed by atoms with Crippen LogP contribution < -0.4 is 26.2 Å². The fraction of sp³-hybridized carbons (Fsp3) is 0.429. The maximum atomic E-state index is 10.6. The highest BCUT2D eigenvalue weighted by atomic mass is 32.1. The van der Waals surface area contributed by atoms with Crippen LogP contribution >= 0.6 is 12.2 Å². The van der Waals surface area contributed by atoms with Gasteiger partial charge in [0.1, 0.15) is 13.1 Å². The number of aromatic carboxylic acids is 1. The topological polar surface area (TPSA) is 89.9 Å². The van der Waals surface area contributed by atoms with E-state index in [1.165, 1.54) is 17.0 Å². The average Bonchev–Trinajstić information content (AvgIpc) is 2.54. The molecule has 0 unspecified atom stereocenters. The Hall–Kier alpha value is -1.90. The largest absolute Gasteiger partial charge is 0.545 e. The zero-order chi connectivity index (χ0) is 15.8. The van der Waals surface area contributed by atoms with E-state index in [9.17, 15) is 9.90 Å². The van der Waals surface area contributed by atoms with Gasteiger partial charge in [-0.05, 0) is 29.9 Å². The van der Waals surface area contributed by atoms with Gasteiger partial charge in [-0.25, -0.2) is 0 Å². The Bertz CT molecular complexity index is 503. The summed E-state index contributed by atoms with van der Waals surface area (Å²) >= 11 is 5.16. The van der Waals surface area contributed by atoms with E-state index in [0.717, 1.165) is 39.4 Å². The lowest BCUT2D eigenvalue weighted by Crippen LogP contribution is -3.14. The van der Waals surface area contributed by atoms with Gasteiger partial charge in [0.2, 0.25) is 0 Å². The molecule has 2 rings (SSSR count). The highest BCUT2D eigenvalue weighted by molar-refractivity contribution is 7.80. The predicted molar refractivity (Wildman–Crippen MR) is 84.5 cm³/mol. The van der Waals surface area contributed by atoms with Crippen molar-refractivity contribution in [2.45, 2.75) is 0 Å². The maximum Gasteiger partial charge on any atom is 0.185 e. The number of hydrogen-bond donors (Lipinski definition) is 4. The maximum absolute atomic E-state index is 10.6. The summed E-state index contributed by atoms with van der Waals surface area (Å²) in [4.78, 5) is 12.1. The smallest absolute Gasteiger partial charge is 0.185 e. The van der Waals surface area contributed by atoms with Gasteiger partial charge in [0.05, 0.1) is 38.0 Å². The molecule has 22 heavy (non-hydrogen) atoms. The fourth-order valence-electron chi connectivity index (χ4n) is 2.13. The number of carbonyl (C=O) groups is 1. The molecule has 1 fully saturated rings. The molecule has 0 aromatic heterocycles. The molecular formula is C14H20N4O3S. The number of carbonyl (C=O) groups excluding carboxylic acids is 1. The van der Waals surface area contributed by atoms with Gasteiger partial charge in [0, 0.05) is 0 Å². The van der Waals surface area contributed by atoms with Crippen molar-refractivity contribution >= 4 is 29.0 Å². The van der Waals surface area contributed by atoms with Gasteiger partial charge < -0.3 is 24.9 Å². The molecule has 0 saturated carbocycles. The molecule has 1 aliphatic rings. The average molecular weight is 324 g/mol. The molecule has 1 aromatic carbocycles. The monoisotopic (exact) mass is 324 g/mol. The predicted octanol–water partition coefficient (Wildman–Crippen LogP) is -2.24. The standard InChI is InChI=1S/C14H20N4O3S/c19-13(20)11-1-3-12(4-2-11)16-17-14(22)15-5-6-18-7-9-21-10-8-18/h1-4,16H,5-10H2,(H,19,20)(H2,15,17,22). The van der Waals surface area contributed by atoms with Gasteiger partial charge in [-0.2, -0.15) is 0 Å². The quantitative estimate of drug-likeness (QED) is 0.347. The third kappa shape index (κ3) is 5.47. The van der Waals surface area contributed by atoms with Crippen molar-refractivity contribution in [3.05, 3.63) is 29.8 Å². The number of carboxylic acids is 1. The van der Waals surface area contributed by atoms with Gasteiger partial charge in [-0.3, -0.25) is 10.9 Å². The van der Waals surface area contributed by atoms with Crippen molar-refractivity contribution in [2.24, 2.45) is 0 Å². The van der Waals surface area contributed by atoms with Gasteiger partial charge >= 0.3 is 0 Å². The number of hydrazine groups is 1. The Morgan fingerprint density at radius 1 is 1.27 bits per heavy atom. The number of thiocarbonyl (C=S) groups is 1. The number of morpholine rings is 1. The second kappa shape index (κ2) is 8.52. The first-order valence-electron chi connectivity index (χ1n) is 7.18. The summed E-state index contributed by atoms with van der Waals surface area (Å²) in [5.41, 5.74) is 6.62. The van der Waals surface area contributed by atoms with Gasteiger partial charge in [0.25, 0.3) is 0 Å². The van der Waals surface area contributed by atoms with Crippen LogP contribution in [0.5, 0.6) is 0 Å². The van der Waals surface area contributed by atoms with Crippen LogP contribution in [-0.2, 0) is 4.74 Å². The van der Waals surface area contributed by atoms with Crippen molar-refractivity contribution < 1.29 is 19.5 Å². The molecule has 1 aromatic rings. The summed E-state index contributed by atoms with van der Waals surface area (Å²) in [6, 6.07) is 6.21. The van der Waals surface area contributed by atoms with Crippen molar-refractivity contribution in [1.29, 1.82) is 0 Å². The molecule has 0 bridgehead atoms. The summed E-state index contributed by atoms with van der Waals surface area (Å²) < 4.78 is 5.31. The second-order valence-corrected chi connectivity index (χ2v) is 5.39. The summed E-state index contributed by atoms with van der Waals surface area (Å²) in [7, 11) is 0. The molecule has 4 N–H and O–H groups in total. The Morgan fingerprint density at radius 3 is 2.59 bits per heavy atom. The van der Waals surface area contributed by atoms with Gasteiger partial charge in [0.15, 0.2) is 5.11 Å². The molecule has 0 radical (unpaired) electrons. The lowest BCUT2D eigenvalue weighted by molar-refractivity contribution is -0.906.